The average Bonchev–Trinajstić information content (AvgIpc) is 1.62. The molecule has 0 fully saturated rings. The zero-order chi connectivity index (χ0) is 18.0. The molecule has 0 aromatic heterocycles. The van der Waals surface area contributed by atoms with Crippen molar-refractivity contribution in [3.63, 3.8) is 0 Å². The molecule has 0 bridgehead atoms. The van der Waals surface area contributed by atoms with Gasteiger partial charge >= 0.3 is 46.8 Å². The Kier molecular flexibility index (Phi) is 27.1. The van der Waals surface area contributed by atoms with Gasteiger partial charge in [-0.25, -0.2) is 4.57 Å². The Morgan fingerprint density at radius 2 is 0.545 bits per heavy atom. The summed E-state index contributed by atoms with van der Waals surface area (Å²) in [7, 11) is -20.1. The summed E-state index contributed by atoms with van der Waals surface area (Å²) in [6.45, 7) is 0. The van der Waals surface area contributed by atoms with Crippen molar-refractivity contribution in [1.29, 1.82) is 0 Å². The van der Waals surface area contributed by atoms with E-state index < -0.39 is 39.0 Å². The molecule has 0 rings (SSSR count). The van der Waals surface area contributed by atoms with Gasteiger partial charge in [0.2, 0.25) is 0 Å². The van der Waals surface area contributed by atoms with Gasteiger partial charge in [-0.15, -0.1) is 0 Å². The Labute approximate surface area is 149 Å². The molecule has 0 atom stereocenters. The molecule has 0 aromatic carbocycles. The second kappa shape index (κ2) is 15.5. The van der Waals surface area contributed by atoms with Crippen molar-refractivity contribution in [1.82, 2.24) is 0 Å². The molecule has 0 radical (unpaired) electrons. The molecule has 0 saturated heterocycles. The molecule has 0 saturated carbocycles. The van der Waals surface area contributed by atoms with Gasteiger partial charge in [0.25, 0.3) is 0 Å². The topological polar surface area (TPSA) is 319 Å². The minimum absolute atomic E-state index is 0. The summed E-state index contributed by atoms with van der Waals surface area (Å²) in [4.78, 5) is 21.6. The Balaban J connectivity index is -0.0000000376. The summed E-state index contributed by atoms with van der Waals surface area (Å²) in [5, 5.41) is 0. The van der Waals surface area contributed by atoms with Crippen molar-refractivity contribution in [2.45, 2.75) is 0 Å². The van der Waals surface area contributed by atoms with Crippen LogP contribution in [0.2, 0.25) is 0 Å². The van der Waals surface area contributed by atoms with Gasteiger partial charge in [0, 0.05) is 31.2 Å². The number of phosphoric acid groups is 1. The molecule has 22 heavy (non-hydrogen) atoms. The monoisotopic (exact) mass is 592 g/mol. The fourth-order valence-electron chi connectivity index (χ4n) is 0. The molecule has 22 heteroatoms. The third kappa shape index (κ3) is 8940. The molecule has 140 valence electrons. The Morgan fingerprint density at radius 1 is 0.545 bits per heavy atom. The fourth-order valence-corrected chi connectivity index (χ4v) is 0. The van der Waals surface area contributed by atoms with E-state index in [0.29, 0.717) is 0 Å². The third-order valence-electron chi connectivity index (χ3n) is 0. The third-order valence-corrected chi connectivity index (χ3v) is 0. The van der Waals surface area contributed by atoms with Crippen molar-refractivity contribution >= 4 is 39.0 Å². The van der Waals surface area contributed by atoms with Crippen LogP contribution in [0.3, 0.4) is 0 Å². The first kappa shape index (κ1) is 38.5. The van der Waals surface area contributed by atoms with E-state index in [1.54, 1.807) is 0 Å². The van der Waals surface area contributed by atoms with Crippen LogP contribution in [0.1, 0.15) is 0 Å². The predicted octanol–water partition coefficient (Wildman–Crippen LogP) is -4.95. The van der Waals surface area contributed by atoms with Gasteiger partial charge in [-0.2, -0.15) is 0 Å². The first-order valence-corrected chi connectivity index (χ1v) is 8.35. The van der Waals surface area contributed by atoms with Crippen LogP contribution in [-0.2, 0) is 74.7 Å². The summed E-state index contributed by atoms with van der Waals surface area (Å²) in [5.74, 6) is 0. The molecular formula is H3O16PRh2S3. The van der Waals surface area contributed by atoms with Gasteiger partial charge in [-0.1, -0.05) is 0 Å². The van der Waals surface area contributed by atoms with Crippen LogP contribution in [0.25, 0.3) is 0 Å². The number of hydrogen-bond donors (Lipinski definition) is 3. The standard InChI is InChI=1S/H3O4P.3H2O4S.2Rh/c4*1-5(2,3)4;;/h(H3,1,2,3,4);3*(H2,1,2,3,4);;/q;;;;2*+3/p-6. The van der Waals surface area contributed by atoms with Crippen LogP contribution in [0, 0.1) is 0 Å². The van der Waals surface area contributed by atoms with Gasteiger partial charge in [0.05, 0.1) is 0 Å². The second-order valence-electron chi connectivity index (χ2n) is 1.74. The SMILES string of the molecule is O=P(O)(O)O.O=S(=O)([O-])[O-].O=S(=O)([O-])[O-].O=S(=O)([O-])[O-].[Rh+3].[Rh+3]. The van der Waals surface area contributed by atoms with Crippen molar-refractivity contribution in [2.24, 2.45) is 0 Å². The van der Waals surface area contributed by atoms with E-state index >= 15 is 0 Å². The first-order valence-electron chi connectivity index (χ1n) is 2.78. The van der Waals surface area contributed by atoms with Crippen molar-refractivity contribution in [3.05, 3.63) is 0 Å². The quantitative estimate of drug-likeness (QED) is 0.103. The van der Waals surface area contributed by atoms with E-state index in [9.17, 15) is 0 Å². The zero-order valence-corrected chi connectivity index (χ0v) is 15.6. The molecule has 0 heterocycles. The van der Waals surface area contributed by atoms with Gasteiger partial charge in [-0.05, 0) is 0 Å². The summed E-state index contributed by atoms with van der Waals surface area (Å²) in [5.41, 5.74) is 0. The van der Waals surface area contributed by atoms with Gasteiger partial charge in [-0.3, -0.25) is 25.3 Å². The maximum atomic E-state index is 8.88. The van der Waals surface area contributed by atoms with Crippen LogP contribution in [0.5, 0.6) is 0 Å². The largest absolute Gasteiger partial charge is 3.00 e. The van der Waals surface area contributed by atoms with Gasteiger partial charge in [0.1, 0.15) is 0 Å². The molecule has 3 N–H and O–H groups in total. The summed E-state index contributed by atoms with van der Waals surface area (Å²) in [6, 6.07) is 0. The summed E-state index contributed by atoms with van der Waals surface area (Å²) >= 11 is 0. The number of hydrogen-bond acceptors (Lipinski definition) is 13. The van der Waals surface area contributed by atoms with E-state index in [2.05, 4.69) is 0 Å². The molecule has 0 spiro atoms. The zero-order valence-electron chi connectivity index (χ0n) is 8.99. The van der Waals surface area contributed by atoms with Crippen molar-refractivity contribution in [3.8, 4) is 0 Å². The Bertz CT molecular complexity index is 470. The molecule has 16 nitrogen and oxygen atoms in total. The average molecular weight is 592 g/mol. The smallest absolute Gasteiger partial charge is 0.759 e. The van der Waals surface area contributed by atoms with E-state index in [1.807, 2.05) is 0 Å². The predicted molar refractivity (Wildman–Crippen MR) is 45.7 cm³/mol. The molecule has 0 unspecified atom stereocenters. The molecule has 0 amide bonds. The second-order valence-corrected chi connectivity index (χ2v) is 5.21. The van der Waals surface area contributed by atoms with E-state index in [-0.39, 0.29) is 39.0 Å². The first-order chi connectivity index (χ1) is 8.00. The van der Waals surface area contributed by atoms with Gasteiger partial charge < -0.3 is 42.0 Å². The minimum Gasteiger partial charge on any atom is -0.759 e. The van der Waals surface area contributed by atoms with Crippen LogP contribution in [-0.4, -0.2) is 67.3 Å². The van der Waals surface area contributed by atoms with Crippen LogP contribution >= 0.6 is 7.82 Å². The van der Waals surface area contributed by atoms with E-state index in [1.165, 1.54) is 0 Å². The normalized spacial score (nSPS) is 10.6. The maximum absolute atomic E-state index is 8.88. The van der Waals surface area contributed by atoms with Crippen LogP contribution in [0.15, 0.2) is 0 Å². The Hall–Kier alpha value is 0.967. The van der Waals surface area contributed by atoms with Crippen LogP contribution < -0.4 is 0 Å². The van der Waals surface area contributed by atoms with Gasteiger partial charge in [0.15, 0.2) is 0 Å². The number of rotatable bonds is 0. The van der Waals surface area contributed by atoms with Crippen molar-refractivity contribution < 1.29 is 111 Å². The molecule has 0 aliphatic rings. The summed E-state index contributed by atoms with van der Waals surface area (Å²) < 4.78 is 111. The van der Waals surface area contributed by atoms with E-state index in [4.69, 9.17) is 71.8 Å². The molecular weight excluding hydrogens is 589 g/mol. The van der Waals surface area contributed by atoms with E-state index in [0.717, 1.165) is 0 Å². The maximum Gasteiger partial charge on any atom is 3.00 e. The molecule has 0 aliphatic carbocycles. The van der Waals surface area contributed by atoms with Crippen molar-refractivity contribution in [2.75, 3.05) is 0 Å². The molecule has 0 aliphatic heterocycles. The summed E-state index contributed by atoms with van der Waals surface area (Å²) in [6.07, 6.45) is 0. The minimum atomic E-state index is -5.17. The molecule has 0 aromatic rings. The van der Waals surface area contributed by atoms with Crippen LogP contribution in [0.4, 0.5) is 0 Å². The Morgan fingerprint density at radius 3 is 0.545 bits per heavy atom. The fraction of sp³-hybridized carbons (Fsp3) is 0.